The van der Waals surface area contributed by atoms with Crippen molar-refractivity contribution in [2.24, 2.45) is 0 Å². The Bertz CT molecular complexity index is 1010. The minimum absolute atomic E-state index is 0.208. The number of carboxylic acid groups (broad SMARTS) is 1. The summed E-state index contributed by atoms with van der Waals surface area (Å²) in [5.41, 5.74) is -1.50. The lowest BCUT2D eigenvalue weighted by atomic mass is 9.88. The Morgan fingerprint density at radius 1 is 0.725 bits per heavy atom. The van der Waals surface area contributed by atoms with Gasteiger partial charge in [-0.3, -0.25) is 0 Å². The number of allylic oxidation sites excluding steroid dienone is 1. The summed E-state index contributed by atoms with van der Waals surface area (Å²) in [5.74, 6) is -61.7. The average Bonchev–Trinajstić information content (AvgIpc) is 2.77. The molecule has 0 fully saturated rings. The van der Waals surface area contributed by atoms with E-state index in [0.29, 0.717) is 6.08 Å². The lowest BCUT2D eigenvalue weighted by Crippen LogP contribution is -2.75. The van der Waals surface area contributed by atoms with Gasteiger partial charge in [-0.2, -0.15) is 74.6 Å². The van der Waals surface area contributed by atoms with Gasteiger partial charge >= 0.3 is 59.6 Å². The molecule has 0 amide bonds. The van der Waals surface area contributed by atoms with Crippen molar-refractivity contribution in [3.8, 4) is 0 Å². The zero-order valence-corrected chi connectivity index (χ0v) is 19.4. The van der Waals surface area contributed by atoms with Crippen molar-refractivity contribution in [1.29, 1.82) is 0 Å². The Labute approximate surface area is 211 Å². The van der Waals surface area contributed by atoms with Crippen molar-refractivity contribution in [2.75, 3.05) is 0 Å². The number of carbonyl (C=O) groups is 2. The van der Waals surface area contributed by atoms with Crippen molar-refractivity contribution >= 4 is 11.9 Å². The number of rotatable bonds is 13. The first-order valence-electron chi connectivity index (χ1n) is 9.87. The fourth-order valence-electron chi connectivity index (χ4n) is 2.46. The molecule has 1 unspecified atom stereocenters. The first kappa shape index (κ1) is 37.2. The molecule has 0 rings (SSSR count). The summed E-state index contributed by atoms with van der Waals surface area (Å²) in [6.45, 7) is 3.68. The number of hydrogen-bond donors (Lipinski definition) is 1. The van der Waals surface area contributed by atoms with Gasteiger partial charge in [0.25, 0.3) is 0 Å². The highest BCUT2D eigenvalue weighted by molar-refractivity contribution is 5.89. The van der Waals surface area contributed by atoms with E-state index >= 15 is 0 Å². The second-order valence-corrected chi connectivity index (χ2v) is 7.81. The maximum atomic E-state index is 14.1. The fourth-order valence-corrected chi connectivity index (χ4v) is 2.46. The summed E-state index contributed by atoms with van der Waals surface area (Å²) in [5, 5.41) is 8.77. The normalized spacial score (nSPS) is 16.0. The van der Waals surface area contributed by atoms with Gasteiger partial charge in [0, 0.05) is 11.1 Å². The molecule has 40 heavy (non-hydrogen) atoms. The molecule has 0 bridgehead atoms. The van der Waals surface area contributed by atoms with Crippen LogP contribution in [0, 0.1) is 0 Å². The third-order valence-corrected chi connectivity index (χ3v) is 5.08. The maximum Gasteiger partial charge on any atom is 0.460 e. The van der Waals surface area contributed by atoms with Crippen LogP contribution in [-0.4, -0.2) is 70.8 Å². The van der Waals surface area contributed by atoms with Crippen LogP contribution in [0.4, 0.5) is 74.6 Å². The number of ether oxygens (including phenoxy) is 1. The van der Waals surface area contributed by atoms with Crippen LogP contribution >= 0.6 is 0 Å². The van der Waals surface area contributed by atoms with Gasteiger partial charge < -0.3 is 9.84 Å². The number of hydrogen-bond acceptors (Lipinski definition) is 3. The summed E-state index contributed by atoms with van der Waals surface area (Å²) >= 11 is 0. The lowest BCUT2D eigenvalue weighted by Gasteiger charge is -2.43. The van der Waals surface area contributed by atoms with Crippen LogP contribution in [0.2, 0.25) is 0 Å². The number of carboxylic acids is 1. The van der Waals surface area contributed by atoms with Gasteiger partial charge in [0.05, 0.1) is 0 Å². The van der Waals surface area contributed by atoms with Crippen LogP contribution in [0.1, 0.15) is 26.7 Å². The minimum atomic E-state index is -8.77. The molecule has 1 N–H and O–H groups in total. The molecule has 0 radical (unpaired) electrons. The Hall–Kier alpha value is -2.77. The molecule has 0 heterocycles. The van der Waals surface area contributed by atoms with E-state index < -0.39 is 90.2 Å². The summed E-state index contributed by atoms with van der Waals surface area (Å²) in [6, 6.07) is 0. The Morgan fingerprint density at radius 3 is 1.40 bits per heavy atom. The molecule has 0 saturated heterocycles. The van der Waals surface area contributed by atoms with Gasteiger partial charge in [0.15, 0.2) is 6.10 Å². The smallest absolute Gasteiger partial charge is 0.460 e. The summed E-state index contributed by atoms with van der Waals surface area (Å²) in [6.07, 6.45) is -12.3. The highest BCUT2D eigenvalue weighted by atomic mass is 19.4. The number of aliphatic carboxylic acids is 1. The highest BCUT2D eigenvalue weighted by Crippen LogP contribution is 2.64. The van der Waals surface area contributed by atoms with E-state index in [0.717, 1.165) is 0 Å². The monoisotopic (exact) mass is 630 g/mol. The molecule has 0 aromatic heterocycles. The third kappa shape index (κ3) is 5.68. The van der Waals surface area contributed by atoms with Crippen molar-refractivity contribution in [3.05, 3.63) is 23.8 Å². The van der Waals surface area contributed by atoms with E-state index in [9.17, 15) is 84.2 Å². The molecule has 0 aromatic carbocycles. The van der Waals surface area contributed by atoms with E-state index in [1.54, 1.807) is 0 Å². The second kappa shape index (κ2) is 10.9. The van der Waals surface area contributed by atoms with Crippen LogP contribution in [0.5, 0.6) is 0 Å². The first-order chi connectivity index (χ1) is 17.3. The van der Waals surface area contributed by atoms with Crippen molar-refractivity contribution < 1.29 is 94.1 Å². The SMILES string of the molecule is C=C(CC=C(CC)C(=O)O)C(=O)OC(C)C(F)(F)C(F)(F)C(F)(F)C(F)(F)C(F)(F)C(F)(F)C(F)(F)C(F)(F)F. The van der Waals surface area contributed by atoms with E-state index in [1.165, 1.54) is 6.92 Å². The number of carbonyl (C=O) groups excluding carboxylic acids is 1. The summed E-state index contributed by atoms with van der Waals surface area (Å²) < 4.78 is 230. The molecule has 0 aliphatic carbocycles. The molecule has 0 saturated carbocycles. The van der Waals surface area contributed by atoms with Crippen LogP contribution < -0.4 is 0 Å². The van der Waals surface area contributed by atoms with Crippen LogP contribution in [0.3, 0.4) is 0 Å². The lowest BCUT2D eigenvalue weighted by molar-refractivity contribution is -0.463. The third-order valence-electron chi connectivity index (χ3n) is 5.08. The van der Waals surface area contributed by atoms with Crippen molar-refractivity contribution in [3.63, 3.8) is 0 Å². The van der Waals surface area contributed by atoms with E-state index in [2.05, 4.69) is 11.3 Å². The number of alkyl halides is 17. The van der Waals surface area contributed by atoms with Gasteiger partial charge in [0.1, 0.15) is 0 Å². The topological polar surface area (TPSA) is 63.6 Å². The van der Waals surface area contributed by atoms with Gasteiger partial charge in [-0.15, -0.1) is 0 Å². The van der Waals surface area contributed by atoms with Crippen molar-refractivity contribution in [2.45, 2.75) is 80.4 Å². The fraction of sp³-hybridized carbons (Fsp3) is 0.684. The molecule has 0 aliphatic heterocycles. The summed E-state index contributed by atoms with van der Waals surface area (Å²) in [4.78, 5) is 22.5. The second-order valence-electron chi connectivity index (χ2n) is 7.81. The van der Waals surface area contributed by atoms with Gasteiger partial charge in [-0.25, -0.2) is 9.59 Å². The Balaban J connectivity index is 6.43. The average molecular weight is 630 g/mol. The molecule has 0 spiro atoms. The predicted molar refractivity (Wildman–Crippen MR) is 96.0 cm³/mol. The minimum Gasteiger partial charge on any atom is -0.478 e. The number of halogens is 17. The Morgan fingerprint density at radius 2 is 1.07 bits per heavy atom. The Kier molecular flexibility index (Phi) is 10.1. The predicted octanol–water partition coefficient (Wildman–Crippen LogP) is 7.29. The van der Waals surface area contributed by atoms with E-state index in [-0.39, 0.29) is 6.42 Å². The largest absolute Gasteiger partial charge is 0.478 e. The zero-order chi connectivity index (χ0) is 32.7. The molecule has 1 atom stereocenters. The van der Waals surface area contributed by atoms with Gasteiger partial charge in [-0.1, -0.05) is 19.6 Å². The zero-order valence-electron chi connectivity index (χ0n) is 19.4. The van der Waals surface area contributed by atoms with Crippen LogP contribution in [0.25, 0.3) is 0 Å². The van der Waals surface area contributed by atoms with Crippen molar-refractivity contribution in [1.82, 2.24) is 0 Å². The highest BCUT2D eigenvalue weighted by Gasteiger charge is 2.95. The van der Waals surface area contributed by atoms with E-state index in [4.69, 9.17) is 5.11 Å². The molecule has 21 heteroatoms. The standard InChI is InChI=1S/C19H15F17O4/c1-4-9(10(37)38)6-5-7(2)11(39)40-8(3)12(20,21)13(22,23)14(24,25)15(26,27)16(28,29)17(30,31)18(32,33)19(34,35)36/h6,8H,2,4-5H2,1,3H3,(H,37,38). The van der Waals surface area contributed by atoms with Gasteiger partial charge in [0.2, 0.25) is 0 Å². The van der Waals surface area contributed by atoms with Crippen LogP contribution in [0.15, 0.2) is 23.8 Å². The van der Waals surface area contributed by atoms with Gasteiger partial charge in [-0.05, 0) is 19.8 Å². The summed E-state index contributed by atoms with van der Waals surface area (Å²) in [7, 11) is 0. The molecular weight excluding hydrogens is 615 g/mol. The molecule has 0 aliphatic rings. The molecule has 4 nitrogen and oxygen atoms in total. The van der Waals surface area contributed by atoms with E-state index in [1.807, 2.05) is 0 Å². The quantitative estimate of drug-likeness (QED) is 0.132. The molecule has 234 valence electrons. The first-order valence-corrected chi connectivity index (χ1v) is 9.87. The molecule has 0 aromatic rings. The maximum absolute atomic E-state index is 14.1. The van der Waals surface area contributed by atoms with Crippen LogP contribution in [-0.2, 0) is 14.3 Å². The molecular formula is C19H15F17O4. The number of esters is 1.